The van der Waals surface area contributed by atoms with E-state index in [-0.39, 0.29) is 19.0 Å². The van der Waals surface area contributed by atoms with Crippen LogP contribution < -0.4 is 0 Å². The zero-order valence-electron chi connectivity index (χ0n) is 10.8. The Kier molecular flexibility index (Phi) is 4.81. The van der Waals surface area contributed by atoms with Crippen LogP contribution >= 0.6 is 0 Å². The van der Waals surface area contributed by atoms with Gasteiger partial charge in [0.05, 0.1) is 12.1 Å². The van der Waals surface area contributed by atoms with E-state index in [0.717, 1.165) is 11.1 Å². The largest absolute Gasteiger partial charge is 0.461 e. The Labute approximate surface area is 116 Å². The van der Waals surface area contributed by atoms with Crippen molar-refractivity contribution in [3.63, 3.8) is 0 Å². The molecule has 2 aromatic carbocycles. The number of carbonyl (C=O) groups excluding carboxylic acids is 2. The zero-order chi connectivity index (χ0) is 14.2. The molecule has 0 radical (unpaired) electrons. The third-order valence-corrected chi connectivity index (χ3v) is 2.70. The third-order valence-electron chi connectivity index (χ3n) is 2.70. The molecule has 0 fully saturated rings. The van der Waals surface area contributed by atoms with E-state index >= 15 is 0 Å². The topological polar surface area (TPSA) is 55.7 Å². The van der Waals surface area contributed by atoms with Crippen molar-refractivity contribution >= 4 is 17.7 Å². The SMILES string of the molecule is O=C=Nc1ccc(CC(=O)OCc2ccccc2)cc1. The van der Waals surface area contributed by atoms with Crippen molar-refractivity contribution in [1.29, 1.82) is 0 Å². The highest BCUT2D eigenvalue weighted by Crippen LogP contribution is 2.13. The zero-order valence-corrected chi connectivity index (χ0v) is 10.8. The molecular weight excluding hydrogens is 254 g/mol. The second-order valence-corrected chi connectivity index (χ2v) is 4.19. The molecule has 20 heavy (non-hydrogen) atoms. The predicted octanol–water partition coefficient (Wildman–Crippen LogP) is 2.94. The number of hydrogen-bond donors (Lipinski definition) is 0. The lowest BCUT2D eigenvalue weighted by Gasteiger charge is -2.05. The van der Waals surface area contributed by atoms with Crippen LogP contribution in [-0.2, 0) is 27.4 Å². The quantitative estimate of drug-likeness (QED) is 0.475. The van der Waals surface area contributed by atoms with Crippen molar-refractivity contribution < 1.29 is 14.3 Å². The molecule has 4 heteroatoms. The Balaban J connectivity index is 1.86. The second-order valence-electron chi connectivity index (χ2n) is 4.19. The third kappa shape index (κ3) is 4.19. The van der Waals surface area contributed by atoms with Crippen LogP contribution in [0.2, 0.25) is 0 Å². The van der Waals surface area contributed by atoms with Crippen LogP contribution in [0.3, 0.4) is 0 Å². The Morgan fingerprint density at radius 1 is 1.00 bits per heavy atom. The van der Waals surface area contributed by atoms with Crippen molar-refractivity contribution in [3.8, 4) is 0 Å². The number of esters is 1. The molecule has 0 saturated heterocycles. The molecule has 2 rings (SSSR count). The molecule has 100 valence electrons. The highest BCUT2D eigenvalue weighted by atomic mass is 16.5. The number of hydrogen-bond acceptors (Lipinski definition) is 4. The van der Waals surface area contributed by atoms with Crippen LogP contribution in [0.5, 0.6) is 0 Å². The van der Waals surface area contributed by atoms with Gasteiger partial charge in [-0.2, -0.15) is 4.99 Å². The molecule has 0 amide bonds. The summed E-state index contributed by atoms with van der Waals surface area (Å²) in [6, 6.07) is 16.3. The fourth-order valence-electron chi connectivity index (χ4n) is 1.70. The summed E-state index contributed by atoms with van der Waals surface area (Å²) in [7, 11) is 0. The summed E-state index contributed by atoms with van der Waals surface area (Å²) in [6.45, 7) is 0.271. The summed E-state index contributed by atoms with van der Waals surface area (Å²) in [4.78, 5) is 25.3. The van der Waals surface area contributed by atoms with Crippen molar-refractivity contribution in [1.82, 2.24) is 0 Å². The first-order valence-corrected chi connectivity index (χ1v) is 6.14. The molecule has 0 aliphatic rings. The molecule has 4 nitrogen and oxygen atoms in total. The molecule has 0 unspecified atom stereocenters. The minimum absolute atomic E-state index is 0.192. The molecule has 0 spiro atoms. The molecule has 2 aromatic rings. The highest BCUT2D eigenvalue weighted by molar-refractivity contribution is 5.72. The van der Waals surface area contributed by atoms with E-state index in [9.17, 15) is 9.59 Å². The van der Waals surface area contributed by atoms with Crippen LogP contribution in [0.15, 0.2) is 59.6 Å². The lowest BCUT2D eigenvalue weighted by Crippen LogP contribution is -2.07. The summed E-state index contributed by atoms with van der Waals surface area (Å²) >= 11 is 0. The Hall–Kier alpha value is -2.71. The number of benzene rings is 2. The van der Waals surface area contributed by atoms with Gasteiger partial charge in [0, 0.05) is 0 Å². The van der Waals surface area contributed by atoms with Gasteiger partial charge in [0.15, 0.2) is 0 Å². The number of aliphatic imine (C=N–C) groups is 1. The van der Waals surface area contributed by atoms with Gasteiger partial charge in [0.2, 0.25) is 6.08 Å². The summed E-state index contributed by atoms with van der Waals surface area (Å²) in [6.07, 6.45) is 1.66. The molecule has 0 aliphatic carbocycles. The fraction of sp³-hybridized carbons (Fsp3) is 0.125. The van der Waals surface area contributed by atoms with Crippen molar-refractivity contribution in [2.75, 3.05) is 0 Å². The lowest BCUT2D eigenvalue weighted by molar-refractivity contribution is -0.144. The van der Waals surface area contributed by atoms with Crippen molar-refractivity contribution in [3.05, 3.63) is 65.7 Å². The molecule has 0 atom stereocenters. The summed E-state index contributed by atoms with van der Waals surface area (Å²) in [5.74, 6) is -0.291. The maximum absolute atomic E-state index is 11.7. The minimum atomic E-state index is -0.291. The molecular formula is C16H13NO3. The van der Waals surface area contributed by atoms with Gasteiger partial charge in [-0.1, -0.05) is 42.5 Å². The molecule has 0 bridgehead atoms. The fourth-order valence-corrected chi connectivity index (χ4v) is 1.70. The van der Waals surface area contributed by atoms with E-state index in [1.54, 1.807) is 24.3 Å². The van der Waals surface area contributed by atoms with Gasteiger partial charge in [-0.05, 0) is 23.3 Å². The average Bonchev–Trinajstić information content (AvgIpc) is 2.49. The number of nitrogens with zero attached hydrogens (tertiary/aromatic N) is 1. The summed E-state index contributed by atoms with van der Waals surface area (Å²) in [5.41, 5.74) is 2.28. The summed E-state index contributed by atoms with van der Waals surface area (Å²) in [5, 5.41) is 0. The van der Waals surface area contributed by atoms with E-state index in [4.69, 9.17) is 4.74 Å². The van der Waals surface area contributed by atoms with Gasteiger partial charge >= 0.3 is 5.97 Å². The van der Waals surface area contributed by atoms with Gasteiger partial charge < -0.3 is 4.74 Å². The summed E-state index contributed by atoms with van der Waals surface area (Å²) < 4.78 is 5.19. The number of carbonyl (C=O) groups is 1. The first-order chi connectivity index (χ1) is 9.78. The maximum Gasteiger partial charge on any atom is 0.310 e. The van der Waals surface area contributed by atoms with Crippen LogP contribution in [0.1, 0.15) is 11.1 Å². The monoisotopic (exact) mass is 267 g/mol. The Bertz CT molecular complexity index is 614. The predicted molar refractivity (Wildman–Crippen MR) is 74.2 cm³/mol. The van der Waals surface area contributed by atoms with E-state index in [1.807, 2.05) is 30.3 Å². The number of ether oxygens (including phenoxy) is 1. The molecule has 0 heterocycles. The van der Waals surface area contributed by atoms with Gasteiger partial charge in [-0.15, -0.1) is 0 Å². The highest BCUT2D eigenvalue weighted by Gasteiger charge is 2.05. The first-order valence-electron chi connectivity index (χ1n) is 6.14. The number of isocyanates is 1. The lowest BCUT2D eigenvalue weighted by atomic mass is 10.1. The molecule has 0 saturated carbocycles. The maximum atomic E-state index is 11.7. The van der Waals surface area contributed by atoms with Crippen LogP contribution in [-0.4, -0.2) is 12.0 Å². The standard InChI is InChI=1S/C16H13NO3/c18-12-17-15-8-6-13(7-9-15)10-16(19)20-11-14-4-2-1-3-5-14/h1-9H,10-11H2. The van der Waals surface area contributed by atoms with Crippen molar-refractivity contribution in [2.45, 2.75) is 13.0 Å². The van der Waals surface area contributed by atoms with E-state index < -0.39 is 0 Å². The van der Waals surface area contributed by atoms with Gasteiger partial charge in [-0.3, -0.25) is 4.79 Å². The molecule has 0 aliphatic heterocycles. The smallest absolute Gasteiger partial charge is 0.310 e. The second kappa shape index (κ2) is 7.02. The van der Waals surface area contributed by atoms with E-state index in [0.29, 0.717) is 5.69 Å². The first kappa shape index (κ1) is 13.7. The van der Waals surface area contributed by atoms with E-state index in [1.165, 1.54) is 6.08 Å². The Morgan fingerprint density at radius 2 is 1.70 bits per heavy atom. The van der Waals surface area contributed by atoms with Crippen LogP contribution in [0.4, 0.5) is 5.69 Å². The normalized spacial score (nSPS) is 9.60. The molecule has 0 aromatic heterocycles. The van der Waals surface area contributed by atoms with Crippen LogP contribution in [0.25, 0.3) is 0 Å². The molecule has 0 N–H and O–H groups in total. The van der Waals surface area contributed by atoms with Crippen molar-refractivity contribution in [2.24, 2.45) is 4.99 Å². The van der Waals surface area contributed by atoms with Crippen LogP contribution in [0, 0.1) is 0 Å². The average molecular weight is 267 g/mol. The van der Waals surface area contributed by atoms with Gasteiger partial charge in [0.25, 0.3) is 0 Å². The van der Waals surface area contributed by atoms with Gasteiger partial charge in [0.1, 0.15) is 6.61 Å². The van der Waals surface area contributed by atoms with E-state index in [2.05, 4.69) is 4.99 Å². The number of rotatable bonds is 5. The minimum Gasteiger partial charge on any atom is -0.461 e. The Morgan fingerprint density at radius 3 is 2.35 bits per heavy atom. The van der Waals surface area contributed by atoms with Gasteiger partial charge in [-0.25, -0.2) is 4.79 Å².